The molecule has 4 atom stereocenters. The van der Waals surface area contributed by atoms with E-state index in [1.807, 2.05) is 0 Å². The molecular weight excluding hydrogens is 420 g/mol. The Bertz CT molecular complexity index is 743. The molecule has 0 aliphatic carbocycles. The summed E-state index contributed by atoms with van der Waals surface area (Å²) in [5, 5.41) is 2.84. The minimum Gasteiger partial charge on any atom is -0.467 e. The molecule has 2 heterocycles. The summed E-state index contributed by atoms with van der Waals surface area (Å²) < 4.78 is 15.6. The molecule has 0 unspecified atom stereocenters. The van der Waals surface area contributed by atoms with Crippen molar-refractivity contribution in [1.29, 1.82) is 0 Å². The average molecular weight is 457 g/mol. The Kier molecular flexibility index (Phi) is 7.64. The number of esters is 1. The van der Waals surface area contributed by atoms with E-state index < -0.39 is 53.4 Å². The summed E-state index contributed by atoms with van der Waals surface area (Å²) in [4.78, 5) is 53.0. The molecule has 2 aliphatic rings. The number of carbonyl (C=O) groups excluding carboxylic acids is 4. The van der Waals surface area contributed by atoms with E-state index in [9.17, 15) is 19.2 Å². The van der Waals surface area contributed by atoms with Crippen LogP contribution in [-0.2, 0) is 23.8 Å². The van der Waals surface area contributed by atoms with Gasteiger partial charge in [-0.3, -0.25) is 14.6 Å². The van der Waals surface area contributed by atoms with E-state index in [2.05, 4.69) is 5.32 Å². The van der Waals surface area contributed by atoms with Crippen molar-refractivity contribution in [3.05, 3.63) is 0 Å². The maximum Gasteiger partial charge on any atom is 0.411 e. The first-order valence-corrected chi connectivity index (χ1v) is 10.7. The van der Waals surface area contributed by atoms with Crippen LogP contribution in [0.25, 0.3) is 0 Å². The van der Waals surface area contributed by atoms with Crippen molar-refractivity contribution in [2.24, 2.45) is 5.73 Å². The molecule has 2 aliphatic heterocycles. The third-order valence-corrected chi connectivity index (χ3v) is 5.01. The fourth-order valence-electron chi connectivity index (χ4n) is 3.76. The van der Waals surface area contributed by atoms with Gasteiger partial charge in [0.15, 0.2) is 0 Å². The van der Waals surface area contributed by atoms with Gasteiger partial charge in [0.25, 0.3) is 0 Å². The summed E-state index contributed by atoms with van der Waals surface area (Å²) in [5.41, 5.74) is 4.55. The summed E-state index contributed by atoms with van der Waals surface area (Å²) in [6.07, 6.45) is -0.820. The predicted molar refractivity (Wildman–Crippen MR) is 115 cm³/mol. The lowest BCUT2D eigenvalue weighted by Gasteiger charge is -2.28. The number of nitrogens with zero attached hydrogens (tertiary/aromatic N) is 2. The van der Waals surface area contributed by atoms with E-state index in [0.717, 1.165) is 0 Å². The standard InChI is InChI=1S/C21H36N4O7/c1-20(2,3)31-18(28)24-10-12(22)8-14(24)16(26)23-13-9-15(17(27)30-7)25(11-13)19(29)32-21(4,5)6/h12-15H,8-11,22H2,1-7H3,(H,23,26)/t12-,13-,14-,15-/m0/s1. The second-order valence-electron chi connectivity index (χ2n) is 10.3. The molecule has 32 heavy (non-hydrogen) atoms. The van der Waals surface area contributed by atoms with E-state index in [1.165, 1.54) is 16.9 Å². The van der Waals surface area contributed by atoms with Crippen LogP contribution in [0.15, 0.2) is 0 Å². The Balaban J connectivity index is 2.10. The number of rotatable bonds is 3. The van der Waals surface area contributed by atoms with Gasteiger partial charge >= 0.3 is 18.2 Å². The lowest BCUT2D eigenvalue weighted by molar-refractivity contribution is -0.145. The average Bonchev–Trinajstić information content (AvgIpc) is 3.22. The summed E-state index contributed by atoms with van der Waals surface area (Å²) in [5.74, 6) is -1.01. The fourth-order valence-corrected chi connectivity index (χ4v) is 3.76. The number of amides is 3. The highest BCUT2D eigenvalue weighted by Gasteiger charge is 2.45. The van der Waals surface area contributed by atoms with Crippen molar-refractivity contribution in [2.45, 2.75) is 89.8 Å². The largest absolute Gasteiger partial charge is 0.467 e. The maximum atomic E-state index is 13.0. The summed E-state index contributed by atoms with van der Waals surface area (Å²) in [6, 6.07) is -2.56. The monoisotopic (exact) mass is 456 g/mol. The van der Waals surface area contributed by atoms with Crippen LogP contribution in [0.1, 0.15) is 54.4 Å². The van der Waals surface area contributed by atoms with Gasteiger partial charge in [-0.1, -0.05) is 0 Å². The first kappa shape index (κ1) is 25.7. The molecule has 3 N–H and O–H groups in total. The molecule has 11 nitrogen and oxygen atoms in total. The summed E-state index contributed by atoms with van der Waals surface area (Å²) >= 11 is 0. The van der Waals surface area contributed by atoms with Gasteiger partial charge in [-0.15, -0.1) is 0 Å². The molecule has 0 aromatic rings. The Morgan fingerprint density at radius 1 is 0.844 bits per heavy atom. The van der Waals surface area contributed by atoms with Crippen molar-refractivity contribution in [1.82, 2.24) is 15.1 Å². The second kappa shape index (κ2) is 9.51. The normalized spacial score (nSPS) is 26.0. The zero-order valence-electron chi connectivity index (χ0n) is 20.0. The van der Waals surface area contributed by atoms with Gasteiger partial charge in [0.2, 0.25) is 5.91 Å². The van der Waals surface area contributed by atoms with Crippen LogP contribution in [0, 0.1) is 0 Å². The van der Waals surface area contributed by atoms with Crippen molar-refractivity contribution in [2.75, 3.05) is 20.2 Å². The molecule has 0 saturated carbocycles. The minimum atomic E-state index is -0.882. The van der Waals surface area contributed by atoms with E-state index in [1.54, 1.807) is 41.5 Å². The van der Waals surface area contributed by atoms with Gasteiger partial charge in [-0.25, -0.2) is 14.4 Å². The Morgan fingerprint density at radius 3 is 1.81 bits per heavy atom. The van der Waals surface area contributed by atoms with Gasteiger partial charge in [0.05, 0.1) is 7.11 Å². The molecule has 3 amide bonds. The van der Waals surface area contributed by atoms with Crippen LogP contribution in [-0.4, -0.2) is 89.4 Å². The van der Waals surface area contributed by atoms with E-state index in [0.29, 0.717) is 0 Å². The number of methoxy groups -OCH3 is 1. The van der Waals surface area contributed by atoms with Crippen LogP contribution in [0.5, 0.6) is 0 Å². The van der Waals surface area contributed by atoms with Gasteiger partial charge in [-0.2, -0.15) is 0 Å². The maximum absolute atomic E-state index is 13.0. The Hall–Kier alpha value is -2.56. The molecule has 2 rings (SSSR count). The number of carbonyl (C=O) groups is 4. The lowest BCUT2D eigenvalue weighted by atomic mass is 10.1. The SMILES string of the molecule is COC(=O)[C@@H]1C[C@H](NC(=O)[C@@H]2C[C@H](N)CN2C(=O)OC(C)(C)C)CN1C(=O)OC(C)(C)C. The zero-order valence-corrected chi connectivity index (χ0v) is 20.0. The van der Waals surface area contributed by atoms with Crippen LogP contribution >= 0.6 is 0 Å². The smallest absolute Gasteiger partial charge is 0.411 e. The Morgan fingerprint density at radius 2 is 1.34 bits per heavy atom. The first-order chi connectivity index (χ1) is 14.6. The van der Waals surface area contributed by atoms with Gasteiger partial charge in [0, 0.05) is 31.6 Å². The van der Waals surface area contributed by atoms with Crippen LogP contribution in [0.4, 0.5) is 9.59 Å². The van der Waals surface area contributed by atoms with Crippen LogP contribution in [0.3, 0.4) is 0 Å². The fraction of sp³-hybridized carbons (Fsp3) is 0.810. The third kappa shape index (κ3) is 6.72. The molecule has 0 spiro atoms. The molecule has 2 fully saturated rings. The molecule has 0 aromatic carbocycles. The quantitative estimate of drug-likeness (QED) is 0.473. The topological polar surface area (TPSA) is 140 Å². The highest BCUT2D eigenvalue weighted by atomic mass is 16.6. The van der Waals surface area contributed by atoms with Crippen LogP contribution < -0.4 is 11.1 Å². The lowest BCUT2D eigenvalue weighted by Crippen LogP contribution is -2.50. The van der Waals surface area contributed by atoms with E-state index >= 15 is 0 Å². The minimum absolute atomic E-state index is 0.0750. The number of nitrogens with two attached hydrogens (primary N) is 1. The van der Waals surface area contributed by atoms with E-state index in [-0.39, 0.29) is 32.0 Å². The molecule has 2 saturated heterocycles. The van der Waals surface area contributed by atoms with Gasteiger partial charge < -0.3 is 25.3 Å². The second-order valence-corrected chi connectivity index (χ2v) is 10.3. The molecular formula is C21H36N4O7. The zero-order chi connectivity index (χ0) is 24.4. The third-order valence-electron chi connectivity index (χ3n) is 5.01. The summed E-state index contributed by atoms with van der Waals surface area (Å²) in [7, 11) is 1.24. The molecule has 0 aromatic heterocycles. The Labute approximate surface area is 188 Å². The highest BCUT2D eigenvalue weighted by molar-refractivity contribution is 5.87. The molecule has 0 bridgehead atoms. The number of hydrogen-bond donors (Lipinski definition) is 2. The van der Waals surface area contributed by atoms with Crippen LogP contribution in [0.2, 0.25) is 0 Å². The molecule has 0 radical (unpaired) electrons. The predicted octanol–water partition coefficient (Wildman–Crippen LogP) is 0.990. The number of hydrogen-bond acceptors (Lipinski definition) is 8. The number of nitrogens with one attached hydrogen (secondary N) is 1. The molecule has 11 heteroatoms. The van der Waals surface area contributed by atoms with Crippen molar-refractivity contribution in [3.8, 4) is 0 Å². The summed E-state index contributed by atoms with van der Waals surface area (Å²) in [6.45, 7) is 10.7. The van der Waals surface area contributed by atoms with Gasteiger partial charge in [-0.05, 0) is 48.0 Å². The van der Waals surface area contributed by atoms with Crippen molar-refractivity contribution in [3.63, 3.8) is 0 Å². The van der Waals surface area contributed by atoms with Crippen molar-refractivity contribution < 1.29 is 33.4 Å². The number of likely N-dealkylation sites (tertiary alicyclic amines) is 2. The number of ether oxygens (including phenoxy) is 3. The highest BCUT2D eigenvalue weighted by Crippen LogP contribution is 2.25. The molecule has 182 valence electrons. The van der Waals surface area contributed by atoms with E-state index in [4.69, 9.17) is 19.9 Å². The first-order valence-electron chi connectivity index (χ1n) is 10.7. The van der Waals surface area contributed by atoms with Crippen molar-refractivity contribution >= 4 is 24.1 Å². The van der Waals surface area contributed by atoms with Gasteiger partial charge in [0.1, 0.15) is 23.3 Å².